The van der Waals surface area contributed by atoms with Crippen LogP contribution in [-0.4, -0.2) is 24.2 Å². The molecular weight excluding hydrogens is 292 g/mol. The van der Waals surface area contributed by atoms with Crippen LogP contribution in [0.5, 0.6) is 0 Å². The minimum absolute atomic E-state index is 0.00848. The topological polar surface area (TPSA) is 63.6 Å². The highest BCUT2D eigenvalue weighted by atomic mass is 16.5. The lowest BCUT2D eigenvalue weighted by Gasteiger charge is -2.46. The van der Waals surface area contributed by atoms with E-state index in [0.717, 1.165) is 18.9 Å². The molecule has 0 spiro atoms. The Hall–Kier alpha value is -1.84. The molecule has 2 rings (SSSR count). The molecule has 0 aromatic heterocycles. The van der Waals surface area contributed by atoms with Crippen molar-refractivity contribution in [2.75, 3.05) is 7.11 Å². The first-order valence-corrected chi connectivity index (χ1v) is 8.28. The third kappa shape index (κ3) is 4.12. The summed E-state index contributed by atoms with van der Waals surface area (Å²) in [5, 5.41) is 8.66. The average Bonchev–Trinajstić information content (AvgIpc) is 2.52. The number of fused-ring (bicyclic) bond motifs is 1. The normalized spacial score (nSPS) is 37.0. The van der Waals surface area contributed by atoms with Gasteiger partial charge in [-0.25, -0.2) is 4.79 Å². The summed E-state index contributed by atoms with van der Waals surface area (Å²) in [7, 11) is 1.46. The number of carbonyl (C=O) groups is 2. The maximum absolute atomic E-state index is 11.9. The average molecular weight is 318 g/mol. The van der Waals surface area contributed by atoms with Gasteiger partial charge in [0.05, 0.1) is 13.0 Å². The van der Waals surface area contributed by atoms with Crippen molar-refractivity contribution in [2.24, 2.45) is 35.5 Å². The number of hydrogen-bond acceptors (Lipinski definition) is 3. The Bertz CT molecular complexity index is 531. The van der Waals surface area contributed by atoms with Gasteiger partial charge in [0.1, 0.15) is 0 Å². The molecule has 0 aromatic rings. The lowest BCUT2D eigenvalue weighted by atomic mass is 9.59. The molecule has 2 aliphatic rings. The van der Waals surface area contributed by atoms with Gasteiger partial charge in [-0.05, 0) is 42.4 Å². The van der Waals surface area contributed by atoms with Crippen LogP contribution in [0.25, 0.3) is 0 Å². The molecule has 4 heteroatoms. The molecule has 6 atom stereocenters. The third-order valence-electron chi connectivity index (χ3n) is 5.30. The highest BCUT2D eigenvalue weighted by Gasteiger charge is 2.43. The molecule has 1 fully saturated rings. The van der Waals surface area contributed by atoms with Crippen LogP contribution >= 0.6 is 0 Å². The predicted molar refractivity (Wildman–Crippen MR) is 88.6 cm³/mol. The number of carbonyl (C=O) groups excluding carboxylic acids is 1. The molecule has 1 saturated carbocycles. The Morgan fingerprint density at radius 3 is 2.57 bits per heavy atom. The lowest BCUT2D eigenvalue weighted by Crippen LogP contribution is -2.41. The lowest BCUT2D eigenvalue weighted by molar-refractivity contribution is -0.148. The summed E-state index contributed by atoms with van der Waals surface area (Å²) in [4.78, 5) is 22.4. The second-order valence-electron chi connectivity index (χ2n) is 6.81. The van der Waals surface area contributed by atoms with Crippen LogP contribution in [-0.2, 0) is 14.3 Å². The number of carboxylic acids is 1. The molecule has 0 radical (unpaired) electrons. The van der Waals surface area contributed by atoms with Crippen LogP contribution in [0.2, 0.25) is 0 Å². The van der Waals surface area contributed by atoms with Crippen molar-refractivity contribution >= 4 is 11.9 Å². The predicted octanol–water partition coefficient (Wildman–Crippen LogP) is 3.46. The molecule has 0 heterocycles. The van der Waals surface area contributed by atoms with Gasteiger partial charge in [0, 0.05) is 6.08 Å². The highest BCUT2D eigenvalue weighted by Crippen LogP contribution is 2.48. The zero-order valence-electron chi connectivity index (χ0n) is 14.0. The number of esters is 1. The zero-order valence-corrected chi connectivity index (χ0v) is 14.0. The van der Waals surface area contributed by atoms with E-state index >= 15 is 0 Å². The number of carboxylic acid groups (broad SMARTS) is 1. The van der Waals surface area contributed by atoms with E-state index in [1.165, 1.54) is 7.11 Å². The van der Waals surface area contributed by atoms with Crippen molar-refractivity contribution in [3.05, 3.63) is 36.5 Å². The van der Waals surface area contributed by atoms with Gasteiger partial charge in [0.2, 0.25) is 0 Å². The summed E-state index contributed by atoms with van der Waals surface area (Å²) in [5.41, 5.74) is 0. The largest absolute Gasteiger partial charge is 0.478 e. The van der Waals surface area contributed by atoms with Crippen LogP contribution in [0.3, 0.4) is 0 Å². The quantitative estimate of drug-likeness (QED) is 0.373. The number of hydrogen-bond donors (Lipinski definition) is 1. The SMILES string of the molecule is COC(=O)[C@H]1C[C@@H](C)[C@@H]2[C@@H](/C=C/C=C/C(=O)O)[C@@H](C)C=C[C@H]2C1. The summed E-state index contributed by atoms with van der Waals surface area (Å²) in [6, 6.07) is 0. The molecule has 0 bridgehead atoms. The van der Waals surface area contributed by atoms with Gasteiger partial charge < -0.3 is 9.84 Å². The Morgan fingerprint density at radius 1 is 1.17 bits per heavy atom. The second kappa shape index (κ2) is 7.62. The van der Waals surface area contributed by atoms with Crippen LogP contribution in [0.4, 0.5) is 0 Å². The van der Waals surface area contributed by atoms with E-state index in [1.54, 1.807) is 6.08 Å². The number of aliphatic carboxylic acids is 1. The van der Waals surface area contributed by atoms with Crippen molar-refractivity contribution in [1.29, 1.82) is 0 Å². The van der Waals surface area contributed by atoms with Gasteiger partial charge in [-0.2, -0.15) is 0 Å². The van der Waals surface area contributed by atoms with Crippen molar-refractivity contribution in [1.82, 2.24) is 0 Å². The molecule has 0 aliphatic heterocycles. The first kappa shape index (κ1) is 17.5. The first-order chi connectivity index (χ1) is 10.9. The monoisotopic (exact) mass is 318 g/mol. The second-order valence-corrected chi connectivity index (χ2v) is 6.81. The Morgan fingerprint density at radius 2 is 1.91 bits per heavy atom. The van der Waals surface area contributed by atoms with Gasteiger partial charge in [-0.1, -0.05) is 44.2 Å². The Labute approximate surface area is 137 Å². The molecule has 23 heavy (non-hydrogen) atoms. The van der Waals surface area contributed by atoms with E-state index in [0.29, 0.717) is 29.6 Å². The van der Waals surface area contributed by atoms with Crippen molar-refractivity contribution in [3.8, 4) is 0 Å². The molecule has 0 unspecified atom stereocenters. The highest BCUT2D eigenvalue weighted by molar-refractivity contribution is 5.80. The fourth-order valence-electron chi connectivity index (χ4n) is 4.27. The van der Waals surface area contributed by atoms with Crippen molar-refractivity contribution < 1.29 is 19.4 Å². The van der Waals surface area contributed by atoms with E-state index in [1.807, 2.05) is 6.08 Å². The van der Waals surface area contributed by atoms with Crippen LogP contribution in [0, 0.1) is 35.5 Å². The maximum atomic E-state index is 11.9. The van der Waals surface area contributed by atoms with Gasteiger partial charge >= 0.3 is 11.9 Å². The van der Waals surface area contributed by atoms with Crippen LogP contribution in [0.15, 0.2) is 36.5 Å². The molecule has 0 saturated heterocycles. The number of allylic oxidation sites excluding steroid dienone is 5. The smallest absolute Gasteiger partial charge is 0.328 e. The molecule has 1 N–H and O–H groups in total. The number of rotatable bonds is 4. The molecule has 2 aliphatic carbocycles. The van der Waals surface area contributed by atoms with E-state index in [-0.39, 0.29) is 11.9 Å². The standard InChI is InChI=1S/C19H26O4/c1-12-8-9-14-11-15(19(22)23-3)10-13(2)18(14)16(12)6-4-5-7-17(20)21/h4-9,12-16,18H,10-11H2,1-3H3,(H,20,21)/b6-4+,7-5+/t12-,13+,14-,15-,16-,18-/m0/s1. The van der Waals surface area contributed by atoms with Crippen molar-refractivity contribution in [3.63, 3.8) is 0 Å². The van der Waals surface area contributed by atoms with E-state index in [2.05, 4.69) is 32.1 Å². The number of ether oxygens (including phenoxy) is 1. The minimum Gasteiger partial charge on any atom is -0.478 e. The summed E-state index contributed by atoms with van der Waals surface area (Å²) < 4.78 is 4.93. The summed E-state index contributed by atoms with van der Waals surface area (Å²) >= 11 is 0. The van der Waals surface area contributed by atoms with Gasteiger partial charge in [-0.15, -0.1) is 0 Å². The van der Waals surface area contributed by atoms with Crippen LogP contribution < -0.4 is 0 Å². The molecule has 0 amide bonds. The maximum Gasteiger partial charge on any atom is 0.328 e. The summed E-state index contributed by atoms with van der Waals surface area (Å²) in [5.74, 6) is 1.06. The van der Waals surface area contributed by atoms with E-state index in [9.17, 15) is 9.59 Å². The summed E-state index contributed by atoms with van der Waals surface area (Å²) in [6.45, 7) is 4.41. The van der Waals surface area contributed by atoms with Gasteiger partial charge in [0.25, 0.3) is 0 Å². The fourth-order valence-corrected chi connectivity index (χ4v) is 4.27. The minimum atomic E-state index is -0.934. The summed E-state index contributed by atoms with van der Waals surface area (Å²) in [6.07, 6.45) is 12.9. The van der Waals surface area contributed by atoms with Gasteiger partial charge in [0.15, 0.2) is 0 Å². The van der Waals surface area contributed by atoms with Gasteiger partial charge in [-0.3, -0.25) is 4.79 Å². The van der Waals surface area contributed by atoms with Crippen molar-refractivity contribution in [2.45, 2.75) is 26.7 Å². The number of methoxy groups -OCH3 is 1. The molecular formula is C19H26O4. The Balaban J connectivity index is 2.15. The van der Waals surface area contributed by atoms with E-state index < -0.39 is 5.97 Å². The Kier molecular flexibility index (Phi) is 5.80. The fraction of sp³-hybridized carbons (Fsp3) is 0.579. The third-order valence-corrected chi connectivity index (χ3v) is 5.30. The first-order valence-electron chi connectivity index (χ1n) is 8.28. The zero-order chi connectivity index (χ0) is 17.0. The molecule has 4 nitrogen and oxygen atoms in total. The van der Waals surface area contributed by atoms with Crippen LogP contribution in [0.1, 0.15) is 26.7 Å². The molecule has 126 valence electrons. The van der Waals surface area contributed by atoms with E-state index in [4.69, 9.17) is 9.84 Å². The molecule has 0 aromatic carbocycles.